The minimum Gasteiger partial charge on any atom is -0.478 e. The van der Waals surface area contributed by atoms with Gasteiger partial charge in [0.2, 0.25) is 0 Å². The second-order valence-electron chi connectivity index (χ2n) is 3.79. The highest BCUT2D eigenvalue weighted by atomic mass is 16.4. The van der Waals surface area contributed by atoms with E-state index in [1.165, 1.54) is 38.2 Å². The highest BCUT2D eigenvalue weighted by Crippen LogP contribution is 2.08. The van der Waals surface area contributed by atoms with Crippen LogP contribution in [-0.2, 0) is 4.79 Å². The van der Waals surface area contributed by atoms with Crippen LogP contribution in [0.25, 0.3) is 0 Å². The van der Waals surface area contributed by atoms with Crippen LogP contribution in [-0.4, -0.2) is 17.6 Å². The van der Waals surface area contributed by atoms with E-state index in [-0.39, 0.29) is 0 Å². The van der Waals surface area contributed by atoms with Gasteiger partial charge in [0, 0.05) is 6.08 Å². The minimum absolute atomic E-state index is 0.806. The third-order valence-electron chi connectivity index (χ3n) is 2.34. The first-order chi connectivity index (χ1) is 7.27. The molecular weight excluding hydrogens is 190 g/mol. The molecule has 0 amide bonds. The minimum atomic E-state index is -0.850. The molecule has 0 atom stereocenters. The van der Waals surface area contributed by atoms with Crippen molar-refractivity contribution in [3.05, 3.63) is 12.2 Å². The van der Waals surface area contributed by atoms with Crippen molar-refractivity contribution < 1.29 is 9.90 Å². The zero-order chi connectivity index (χ0) is 11.4. The molecule has 3 N–H and O–H groups in total. The molecule has 3 nitrogen and oxygen atoms in total. The topological polar surface area (TPSA) is 63.3 Å². The van der Waals surface area contributed by atoms with E-state index in [4.69, 9.17) is 10.8 Å². The van der Waals surface area contributed by atoms with Crippen LogP contribution in [0, 0.1) is 0 Å². The van der Waals surface area contributed by atoms with Gasteiger partial charge in [-0.25, -0.2) is 4.79 Å². The summed E-state index contributed by atoms with van der Waals surface area (Å²) in [5, 5.41) is 8.34. The van der Waals surface area contributed by atoms with Gasteiger partial charge in [-0.05, 0) is 25.8 Å². The lowest BCUT2D eigenvalue weighted by molar-refractivity contribution is -0.131. The molecule has 0 radical (unpaired) electrons. The first-order valence-corrected chi connectivity index (χ1v) is 5.87. The summed E-state index contributed by atoms with van der Waals surface area (Å²) in [4.78, 5) is 10.1. The first-order valence-electron chi connectivity index (χ1n) is 5.87. The maximum Gasteiger partial charge on any atom is 0.327 e. The second-order valence-corrected chi connectivity index (χ2v) is 3.79. The molecule has 0 aliphatic rings. The number of nitrogens with two attached hydrogens (primary N) is 1. The Labute approximate surface area is 92.4 Å². The molecule has 88 valence electrons. The SMILES string of the molecule is NCCCCCCCCCC=CC(=O)O. The summed E-state index contributed by atoms with van der Waals surface area (Å²) in [6, 6.07) is 0. The number of carbonyl (C=O) groups is 1. The molecule has 0 fully saturated rings. The van der Waals surface area contributed by atoms with E-state index in [2.05, 4.69) is 0 Å². The fourth-order valence-corrected chi connectivity index (χ4v) is 1.47. The van der Waals surface area contributed by atoms with Crippen molar-refractivity contribution in [2.24, 2.45) is 5.73 Å². The molecule has 0 spiro atoms. The molecule has 0 saturated carbocycles. The summed E-state index contributed by atoms with van der Waals surface area (Å²) in [6.45, 7) is 0.806. The second kappa shape index (κ2) is 11.2. The smallest absolute Gasteiger partial charge is 0.327 e. The van der Waals surface area contributed by atoms with Crippen LogP contribution in [0.5, 0.6) is 0 Å². The van der Waals surface area contributed by atoms with Gasteiger partial charge in [0.25, 0.3) is 0 Å². The van der Waals surface area contributed by atoms with Crippen molar-refractivity contribution in [3.63, 3.8) is 0 Å². The summed E-state index contributed by atoms with van der Waals surface area (Å²) in [5.74, 6) is -0.850. The Balaban J connectivity index is 3.02. The average molecular weight is 213 g/mol. The van der Waals surface area contributed by atoms with Crippen molar-refractivity contribution in [1.82, 2.24) is 0 Å². The molecule has 3 heteroatoms. The van der Waals surface area contributed by atoms with Crippen molar-refractivity contribution >= 4 is 5.97 Å². The molecule has 0 bridgehead atoms. The summed E-state index contributed by atoms with van der Waals surface area (Å²) in [6.07, 6.45) is 12.3. The van der Waals surface area contributed by atoms with Gasteiger partial charge in [0.05, 0.1) is 0 Å². The third-order valence-corrected chi connectivity index (χ3v) is 2.34. The number of rotatable bonds is 10. The normalized spacial score (nSPS) is 11.0. The molecule has 0 heterocycles. The highest BCUT2D eigenvalue weighted by Gasteiger charge is 1.90. The van der Waals surface area contributed by atoms with E-state index < -0.39 is 5.97 Å². The molecular formula is C12H23NO2. The monoisotopic (exact) mass is 213 g/mol. The number of carboxylic acid groups (broad SMARTS) is 1. The Kier molecular flexibility index (Phi) is 10.6. The first kappa shape index (κ1) is 14.2. The Morgan fingerprint density at radius 1 is 1.00 bits per heavy atom. The van der Waals surface area contributed by atoms with Crippen LogP contribution >= 0.6 is 0 Å². The molecule has 0 aromatic rings. The lowest BCUT2D eigenvalue weighted by Gasteiger charge is -1.99. The van der Waals surface area contributed by atoms with Crippen molar-refractivity contribution in [1.29, 1.82) is 0 Å². The van der Waals surface area contributed by atoms with Gasteiger partial charge in [0.15, 0.2) is 0 Å². The maximum atomic E-state index is 10.1. The third kappa shape index (κ3) is 13.2. The standard InChI is InChI=1S/C12H23NO2/c13-11-9-7-5-3-1-2-4-6-8-10-12(14)15/h8,10H,1-7,9,11,13H2,(H,14,15). The average Bonchev–Trinajstić information content (AvgIpc) is 2.20. The van der Waals surface area contributed by atoms with Crippen molar-refractivity contribution in [2.75, 3.05) is 6.54 Å². The Morgan fingerprint density at radius 2 is 1.53 bits per heavy atom. The lowest BCUT2D eigenvalue weighted by atomic mass is 10.1. The maximum absolute atomic E-state index is 10.1. The number of carboxylic acids is 1. The largest absolute Gasteiger partial charge is 0.478 e. The highest BCUT2D eigenvalue weighted by molar-refractivity contribution is 5.79. The van der Waals surface area contributed by atoms with Crippen LogP contribution < -0.4 is 5.73 Å². The van der Waals surface area contributed by atoms with Crippen LogP contribution in [0.15, 0.2) is 12.2 Å². The lowest BCUT2D eigenvalue weighted by Crippen LogP contribution is -1.97. The van der Waals surface area contributed by atoms with E-state index in [9.17, 15) is 4.79 Å². The van der Waals surface area contributed by atoms with E-state index in [0.717, 1.165) is 25.8 Å². The molecule has 0 aromatic heterocycles. The fourth-order valence-electron chi connectivity index (χ4n) is 1.47. The Bertz CT molecular complexity index is 178. The quantitative estimate of drug-likeness (QED) is 0.433. The molecule has 0 aliphatic heterocycles. The molecule has 0 saturated heterocycles. The van der Waals surface area contributed by atoms with E-state index in [1.54, 1.807) is 6.08 Å². The van der Waals surface area contributed by atoms with Gasteiger partial charge < -0.3 is 10.8 Å². The summed E-state index contributed by atoms with van der Waals surface area (Å²) in [5.41, 5.74) is 5.39. The Hall–Kier alpha value is -0.830. The molecule has 15 heavy (non-hydrogen) atoms. The van der Waals surface area contributed by atoms with Gasteiger partial charge in [-0.3, -0.25) is 0 Å². The van der Waals surface area contributed by atoms with E-state index >= 15 is 0 Å². The predicted molar refractivity (Wildman–Crippen MR) is 62.8 cm³/mol. The van der Waals surface area contributed by atoms with Gasteiger partial charge in [-0.1, -0.05) is 38.2 Å². The van der Waals surface area contributed by atoms with E-state index in [0.29, 0.717) is 0 Å². The van der Waals surface area contributed by atoms with Crippen LogP contribution in [0.1, 0.15) is 51.4 Å². The molecule has 0 rings (SSSR count). The van der Waals surface area contributed by atoms with Crippen LogP contribution in [0.2, 0.25) is 0 Å². The van der Waals surface area contributed by atoms with Gasteiger partial charge >= 0.3 is 5.97 Å². The molecule has 0 unspecified atom stereocenters. The van der Waals surface area contributed by atoms with Gasteiger partial charge in [0.1, 0.15) is 0 Å². The fraction of sp³-hybridized carbons (Fsp3) is 0.750. The molecule has 0 aliphatic carbocycles. The summed E-state index contributed by atoms with van der Waals surface area (Å²) >= 11 is 0. The van der Waals surface area contributed by atoms with Gasteiger partial charge in [-0.15, -0.1) is 0 Å². The van der Waals surface area contributed by atoms with Crippen LogP contribution in [0.4, 0.5) is 0 Å². The predicted octanol–water partition coefficient (Wildman–Crippen LogP) is 2.71. The number of hydrogen-bond acceptors (Lipinski definition) is 2. The number of allylic oxidation sites excluding steroid dienone is 1. The number of aliphatic carboxylic acids is 1. The zero-order valence-corrected chi connectivity index (χ0v) is 9.45. The van der Waals surface area contributed by atoms with Crippen LogP contribution in [0.3, 0.4) is 0 Å². The van der Waals surface area contributed by atoms with Crippen molar-refractivity contribution in [3.8, 4) is 0 Å². The number of unbranched alkanes of at least 4 members (excludes halogenated alkanes) is 7. The zero-order valence-electron chi connectivity index (χ0n) is 9.45. The summed E-state index contributed by atoms with van der Waals surface area (Å²) in [7, 11) is 0. The Morgan fingerprint density at radius 3 is 2.07 bits per heavy atom. The van der Waals surface area contributed by atoms with Gasteiger partial charge in [-0.2, -0.15) is 0 Å². The summed E-state index contributed by atoms with van der Waals surface area (Å²) < 4.78 is 0. The molecule has 0 aromatic carbocycles. The van der Waals surface area contributed by atoms with E-state index in [1.807, 2.05) is 0 Å². The van der Waals surface area contributed by atoms with Crippen molar-refractivity contribution in [2.45, 2.75) is 51.4 Å². The number of hydrogen-bond donors (Lipinski definition) is 2.